The van der Waals surface area contributed by atoms with Crippen LogP contribution in [0.5, 0.6) is 11.6 Å². The number of likely N-dealkylation sites (N-methyl/N-ethyl adjacent to an activating group) is 1. The summed E-state index contributed by atoms with van der Waals surface area (Å²) in [4.78, 5) is 22.0. The minimum Gasteiger partial charge on any atom is -0.505 e. The van der Waals surface area contributed by atoms with E-state index in [4.69, 9.17) is 24.3 Å². The van der Waals surface area contributed by atoms with Crippen LogP contribution in [0.25, 0.3) is 32.9 Å². The van der Waals surface area contributed by atoms with Gasteiger partial charge in [-0.25, -0.2) is 14.2 Å². The molecule has 1 amide bonds. The van der Waals surface area contributed by atoms with Crippen LogP contribution in [-0.2, 0) is 15.0 Å². The van der Waals surface area contributed by atoms with Gasteiger partial charge in [0, 0.05) is 73.5 Å². The Morgan fingerprint density at radius 2 is 1.48 bits per heavy atom. The van der Waals surface area contributed by atoms with Gasteiger partial charge in [-0.05, 0) is 86.8 Å². The van der Waals surface area contributed by atoms with Gasteiger partial charge in [-0.2, -0.15) is 5.10 Å². The normalized spacial score (nSPS) is 15.6. The first-order valence-corrected chi connectivity index (χ1v) is 21.8. The molecule has 0 spiro atoms. The van der Waals surface area contributed by atoms with E-state index in [2.05, 4.69) is 47.4 Å². The smallest absolute Gasteiger partial charge is 0.410 e. The Hall–Kier alpha value is -6.46. The van der Waals surface area contributed by atoms with Gasteiger partial charge in [0.1, 0.15) is 34.8 Å². The number of hydrogen-bond donors (Lipinski definition) is 1. The van der Waals surface area contributed by atoms with Gasteiger partial charge in [-0.15, -0.1) is 0 Å². The van der Waals surface area contributed by atoms with Crippen LogP contribution in [0.1, 0.15) is 73.8 Å². The number of aromatic nitrogens is 3. The van der Waals surface area contributed by atoms with Crippen LogP contribution >= 0.6 is 0 Å². The third-order valence-electron chi connectivity index (χ3n) is 12.5. The van der Waals surface area contributed by atoms with Gasteiger partial charge in [-0.3, -0.25) is 4.68 Å². The Morgan fingerprint density at radius 1 is 0.857 bits per heavy atom. The fraction of sp³-hybridized carbons (Fsp3) is 0.327. The van der Waals surface area contributed by atoms with E-state index in [-0.39, 0.29) is 30.4 Å². The third kappa shape index (κ3) is 7.73. The molecule has 3 heterocycles. The fourth-order valence-electron chi connectivity index (χ4n) is 9.31. The van der Waals surface area contributed by atoms with E-state index in [1.165, 1.54) is 6.07 Å². The number of carbonyl (C=O) groups excluding carboxylic acids is 1. The number of aromatic hydroxyl groups is 1. The van der Waals surface area contributed by atoms with Crippen LogP contribution < -0.4 is 9.64 Å². The Balaban J connectivity index is 1.26. The molecular formula is C52H54FN5O5. The van der Waals surface area contributed by atoms with Crippen molar-refractivity contribution in [2.24, 2.45) is 0 Å². The molecule has 2 aromatic heterocycles. The number of benzene rings is 5. The molecule has 2 fully saturated rings. The van der Waals surface area contributed by atoms with Crippen LogP contribution in [0.15, 0.2) is 115 Å². The number of methoxy groups -OCH3 is 1. The molecule has 2 aliphatic rings. The summed E-state index contributed by atoms with van der Waals surface area (Å²) in [6, 6.07) is 36.3. The summed E-state index contributed by atoms with van der Waals surface area (Å²) in [5.74, 6) is -0.0121. The zero-order valence-electron chi connectivity index (χ0n) is 36.8. The average molecular weight is 848 g/mol. The van der Waals surface area contributed by atoms with Crippen molar-refractivity contribution in [2.75, 3.05) is 45.4 Å². The molecule has 1 saturated carbocycles. The van der Waals surface area contributed by atoms with Gasteiger partial charge in [0.2, 0.25) is 5.88 Å². The molecule has 10 nitrogen and oxygen atoms in total. The fourth-order valence-corrected chi connectivity index (χ4v) is 9.31. The van der Waals surface area contributed by atoms with E-state index in [0.717, 1.165) is 52.6 Å². The molecule has 0 radical (unpaired) electrons. The van der Waals surface area contributed by atoms with Crippen molar-refractivity contribution in [3.63, 3.8) is 0 Å². The van der Waals surface area contributed by atoms with Crippen molar-refractivity contribution in [2.45, 2.75) is 70.1 Å². The molecule has 7 aromatic rings. The maximum absolute atomic E-state index is 16.6. The number of nitrogens with zero attached hydrogens (tertiary/aromatic N) is 5. The molecule has 324 valence electrons. The molecule has 1 atom stereocenters. The highest BCUT2D eigenvalue weighted by Gasteiger charge is 2.41. The third-order valence-corrected chi connectivity index (χ3v) is 12.5. The summed E-state index contributed by atoms with van der Waals surface area (Å²) < 4.78 is 35.7. The molecule has 1 saturated heterocycles. The first kappa shape index (κ1) is 41.9. The second-order valence-electron chi connectivity index (χ2n) is 17.8. The molecule has 1 N–H and O–H groups in total. The lowest BCUT2D eigenvalue weighted by molar-refractivity contribution is 0.0292. The first-order valence-electron chi connectivity index (χ1n) is 21.8. The standard InChI is InChI=1S/C52H54FN5O5/c1-33-42(53)29-43-41(32-58(55-43)52(35-16-10-7-11-17-35,36-18-12-8-13-19-36)37-20-14-9-15-21-37)46(33)47-39(34-22-23-34)28-40-44(30-45(62-27-26-61-6)54-48(40)49(47)59)56(5)38-24-25-57(31-38)50(60)63-51(2,3)4/h7-21,28-30,32,34,38,59H,22-27,31H2,1-6H3/t38-/m0/s1. The maximum atomic E-state index is 16.6. The highest BCUT2D eigenvalue weighted by Crippen LogP contribution is 2.53. The zero-order valence-corrected chi connectivity index (χ0v) is 36.8. The summed E-state index contributed by atoms with van der Waals surface area (Å²) in [6.45, 7) is 8.99. The molecule has 0 unspecified atom stereocenters. The molecule has 5 aromatic carbocycles. The molecule has 0 bridgehead atoms. The van der Waals surface area contributed by atoms with Crippen LogP contribution in [0.3, 0.4) is 0 Å². The van der Waals surface area contributed by atoms with Crippen molar-refractivity contribution in [1.82, 2.24) is 19.7 Å². The van der Waals surface area contributed by atoms with Crippen molar-refractivity contribution in [3.8, 4) is 22.8 Å². The van der Waals surface area contributed by atoms with E-state index >= 15 is 4.39 Å². The predicted octanol–water partition coefficient (Wildman–Crippen LogP) is 10.6. The minimum atomic E-state index is -0.940. The number of hydrogen-bond acceptors (Lipinski definition) is 8. The number of anilines is 1. The number of phenols is 1. The van der Waals surface area contributed by atoms with Crippen LogP contribution in [-0.4, -0.2) is 83.0 Å². The van der Waals surface area contributed by atoms with E-state index in [1.807, 2.05) is 99.4 Å². The zero-order chi connectivity index (χ0) is 44.0. The van der Waals surface area contributed by atoms with E-state index in [0.29, 0.717) is 58.7 Å². The average Bonchev–Trinajstić information content (AvgIpc) is 3.85. The van der Waals surface area contributed by atoms with Gasteiger partial charge in [0.05, 0.1) is 17.8 Å². The number of likely N-dealkylation sites (tertiary alicyclic amines) is 1. The quantitative estimate of drug-likeness (QED) is 0.0958. The number of pyridine rings is 1. The van der Waals surface area contributed by atoms with Crippen molar-refractivity contribution >= 4 is 33.6 Å². The minimum absolute atomic E-state index is 0.0452. The topological polar surface area (TPSA) is 102 Å². The summed E-state index contributed by atoms with van der Waals surface area (Å²) in [5, 5.41) is 19.6. The summed E-state index contributed by atoms with van der Waals surface area (Å²) in [5.41, 5.74) is 5.46. The van der Waals surface area contributed by atoms with Gasteiger partial charge < -0.3 is 29.1 Å². The molecule has 9 rings (SSSR count). The number of rotatable bonds is 12. The largest absolute Gasteiger partial charge is 0.505 e. The second-order valence-corrected chi connectivity index (χ2v) is 17.8. The Morgan fingerprint density at radius 3 is 2.05 bits per heavy atom. The second kappa shape index (κ2) is 16.7. The number of halogens is 1. The molecule has 11 heteroatoms. The van der Waals surface area contributed by atoms with Crippen LogP contribution in [0.2, 0.25) is 0 Å². The summed E-state index contributed by atoms with van der Waals surface area (Å²) in [7, 11) is 3.62. The van der Waals surface area contributed by atoms with Gasteiger partial charge in [0.15, 0.2) is 0 Å². The van der Waals surface area contributed by atoms with E-state index in [1.54, 1.807) is 18.9 Å². The number of amides is 1. The molecule has 63 heavy (non-hydrogen) atoms. The van der Waals surface area contributed by atoms with Crippen molar-refractivity contribution in [3.05, 3.63) is 149 Å². The van der Waals surface area contributed by atoms with E-state index < -0.39 is 17.0 Å². The monoisotopic (exact) mass is 847 g/mol. The van der Waals surface area contributed by atoms with Crippen molar-refractivity contribution < 1.29 is 28.5 Å². The Labute approximate surface area is 367 Å². The number of phenolic OH excluding ortho intramolecular Hbond substituents is 1. The van der Waals surface area contributed by atoms with Crippen molar-refractivity contribution in [1.29, 1.82) is 0 Å². The molecular weight excluding hydrogens is 794 g/mol. The summed E-state index contributed by atoms with van der Waals surface area (Å²) >= 11 is 0. The number of fused-ring (bicyclic) bond motifs is 2. The highest BCUT2D eigenvalue weighted by molar-refractivity contribution is 6.06. The Kier molecular flexibility index (Phi) is 11.1. The predicted molar refractivity (Wildman–Crippen MR) is 245 cm³/mol. The lowest BCUT2D eigenvalue weighted by atomic mass is 9.77. The molecule has 1 aliphatic carbocycles. The van der Waals surface area contributed by atoms with Crippen LogP contribution in [0.4, 0.5) is 14.9 Å². The number of ether oxygens (including phenoxy) is 3. The van der Waals surface area contributed by atoms with Gasteiger partial charge >= 0.3 is 6.09 Å². The Bertz CT molecular complexity index is 2690. The van der Waals surface area contributed by atoms with E-state index in [9.17, 15) is 9.90 Å². The number of carbonyl (C=O) groups is 1. The highest BCUT2D eigenvalue weighted by atomic mass is 19.1. The van der Waals surface area contributed by atoms with Gasteiger partial charge in [-0.1, -0.05) is 91.0 Å². The lowest BCUT2D eigenvalue weighted by Gasteiger charge is -2.36. The van der Waals surface area contributed by atoms with Crippen LogP contribution in [0, 0.1) is 12.7 Å². The lowest BCUT2D eigenvalue weighted by Crippen LogP contribution is -2.39. The summed E-state index contributed by atoms with van der Waals surface area (Å²) in [6.07, 6.45) is 4.25. The molecule has 1 aliphatic heterocycles. The van der Waals surface area contributed by atoms with Gasteiger partial charge in [0.25, 0.3) is 0 Å². The first-order chi connectivity index (χ1) is 30.4. The maximum Gasteiger partial charge on any atom is 0.410 e. The SMILES string of the molecule is COCCOc1cc(N(C)[C@H]2CCN(C(=O)OC(C)(C)C)C2)c2cc(C3CC3)c(-c3c(C)c(F)cc4nn(C(c5ccccc5)(c5ccccc5)c5ccccc5)cc34)c(O)c2n1.